The molecule has 0 aliphatic heterocycles. The molecule has 0 spiro atoms. The lowest BCUT2D eigenvalue weighted by Gasteiger charge is -2.31. The molecule has 0 aromatic carbocycles. The Kier molecular flexibility index (Phi) is 5.62. The van der Waals surface area contributed by atoms with Crippen LogP contribution in [0.4, 0.5) is 0 Å². The van der Waals surface area contributed by atoms with Crippen molar-refractivity contribution in [3.8, 4) is 0 Å². The van der Waals surface area contributed by atoms with Crippen LogP contribution in [0.25, 0.3) is 0 Å². The summed E-state index contributed by atoms with van der Waals surface area (Å²) in [5, 5.41) is 0. The van der Waals surface area contributed by atoms with Gasteiger partial charge in [-0.15, -0.1) is 0 Å². The number of hydrogen-bond donors (Lipinski definition) is 0. The second-order valence-electron chi connectivity index (χ2n) is 6.12. The fourth-order valence-electron chi connectivity index (χ4n) is 3.51. The molecule has 2 nitrogen and oxygen atoms in total. The van der Waals surface area contributed by atoms with Crippen molar-refractivity contribution in [2.24, 2.45) is 0 Å². The molecular formula is C17H28O2. The van der Waals surface area contributed by atoms with Gasteiger partial charge in [-0.05, 0) is 44.1 Å². The molecule has 2 rings (SSSR count). The van der Waals surface area contributed by atoms with Crippen LogP contribution in [0, 0.1) is 0 Å². The SMILES string of the molecule is COC1(C(=O)C2=CCCCCCC2)CCCCCC1. The van der Waals surface area contributed by atoms with Crippen molar-refractivity contribution in [1.29, 1.82) is 0 Å². The van der Waals surface area contributed by atoms with Gasteiger partial charge in [0.25, 0.3) is 0 Å². The predicted octanol–water partition coefficient (Wildman–Crippen LogP) is 4.58. The summed E-state index contributed by atoms with van der Waals surface area (Å²) in [6.07, 6.45) is 15.8. The molecule has 1 saturated carbocycles. The molecule has 2 heteroatoms. The standard InChI is InChI=1S/C17H28O2/c1-19-17(13-9-5-6-10-14-17)16(18)15-11-7-3-2-4-8-12-15/h11H,2-10,12-14H2,1H3. The van der Waals surface area contributed by atoms with Crippen LogP contribution in [0.2, 0.25) is 0 Å². The van der Waals surface area contributed by atoms with Crippen LogP contribution >= 0.6 is 0 Å². The normalized spacial score (nSPS) is 24.8. The zero-order chi connectivity index (χ0) is 13.6. The maximum Gasteiger partial charge on any atom is 0.190 e. The number of ketones is 1. The van der Waals surface area contributed by atoms with Crippen LogP contribution < -0.4 is 0 Å². The summed E-state index contributed by atoms with van der Waals surface area (Å²) in [7, 11) is 1.73. The van der Waals surface area contributed by atoms with E-state index < -0.39 is 5.60 Å². The minimum atomic E-state index is -0.498. The van der Waals surface area contributed by atoms with E-state index in [4.69, 9.17) is 4.74 Å². The molecule has 0 radical (unpaired) electrons. The van der Waals surface area contributed by atoms with Gasteiger partial charge in [-0.1, -0.05) is 44.6 Å². The predicted molar refractivity (Wildman–Crippen MR) is 78.2 cm³/mol. The molecule has 0 amide bonds. The van der Waals surface area contributed by atoms with Crippen molar-refractivity contribution in [3.05, 3.63) is 11.6 Å². The number of Topliss-reactive ketones (excluding diaryl/α,β-unsaturated/α-hetero) is 1. The topological polar surface area (TPSA) is 26.3 Å². The Labute approximate surface area is 117 Å². The van der Waals surface area contributed by atoms with Gasteiger partial charge < -0.3 is 4.74 Å². The van der Waals surface area contributed by atoms with Crippen LogP contribution in [-0.4, -0.2) is 18.5 Å². The maximum atomic E-state index is 12.9. The van der Waals surface area contributed by atoms with Gasteiger partial charge in [0.05, 0.1) is 0 Å². The van der Waals surface area contributed by atoms with E-state index in [1.54, 1.807) is 7.11 Å². The first-order valence-corrected chi connectivity index (χ1v) is 8.07. The van der Waals surface area contributed by atoms with Crippen LogP contribution in [0.3, 0.4) is 0 Å². The van der Waals surface area contributed by atoms with Crippen LogP contribution in [0.5, 0.6) is 0 Å². The Morgan fingerprint density at radius 2 is 1.63 bits per heavy atom. The molecular weight excluding hydrogens is 236 g/mol. The van der Waals surface area contributed by atoms with Crippen molar-refractivity contribution < 1.29 is 9.53 Å². The summed E-state index contributed by atoms with van der Waals surface area (Å²) in [5.41, 5.74) is 0.560. The summed E-state index contributed by atoms with van der Waals surface area (Å²) < 4.78 is 5.76. The third kappa shape index (κ3) is 3.68. The third-order valence-corrected chi connectivity index (χ3v) is 4.80. The minimum Gasteiger partial charge on any atom is -0.370 e. The summed E-state index contributed by atoms with van der Waals surface area (Å²) in [6.45, 7) is 0. The molecule has 0 saturated heterocycles. The molecule has 19 heavy (non-hydrogen) atoms. The molecule has 0 N–H and O–H groups in total. The third-order valence-electron chi connectivity index (χ3n) is 4.80. The Morgan fingerprint density at radius 1 is 1.00 bits per heavy atom. The second-order valence-corrected chi connectivity index (χ2v) is 6.12. The number of ether oxygens (including phenoxy) is 1. The lowest BCUT2D eigenvalue weighted by atomic mass is 9.83. The highest BCUT2D eigenvalue weighted by atomic mass is 16.5. The summed E-state index contributed by atoms with van der Waals surface area (Å²) in [5.74, 6) is 0.304. The number of hydrogen-bond acceptors (Lipinski definition) is 2. The highest BCUT2D eigenvalue weighted by molar-refractivity contribution is 6.01. The molecule has 0 aromatic heterocycles. The molecule has 0 bridgehead atoms. The molecule has 0 unspecified atom stereocenters. The Balaban J connectivity index is 2.13. The molecule has 2 aliphatic rings. The number of carbonyl (C=O) groups excluding carboxylic acids is 1. The van der Waals surface area contributed by atoms with Gasteiger partial charge in [-0.3, -0.25) is 4.79 Å². The molecule has 0 heterocycles. The van der Waals surface area contributed by atoms with Crippen LogP contribution in [-0.2, 0) is 9.53 Å². The van der Waals surface area contributed by atoms with E-state index in [1.807, 2.05) is 0 Å². The largest absolute Gasteiger partial charge is 0.370 e. The lowest BCUT2D eigenvalue weighted by Crippen LogP contribution is -2.41. The molecule has 108 valence electrons. The molecule has 1 fully saturated rings. The number of carbonyl (C=O) groups is 1. The Morgan fingerprint density at radius 3 is 2.32 bits per heavy atom. The van der Waals surface area contributed by atoms with Crippen molar-refractivity contribution >= 4 is 5.78 Å². The van der Waals surface area contributed by atoms with Gasteiger partial charge in [-0.2, -0.15) is 0 Å². The zero-order valence-corrected chi connectivity index (χ0v) is 12.4. The van der Waals surface area contributed by atoms with Crippen molar-refractivity contribution in [2.45, 2.75) is 82.7 Å². The fraction of sp³-hybridized carbons (Fsp3) is 0.824. The molecule has 2 aliphatic carbocycles. The van der Waals surface area contributed by atoms with E-state index in [0.717, 1.165) is 50.5 Å². The van der Waals surface area contributed by atoms with Crippen LogP contribution in [0.1, 0.15) is 77.0 Å². The Hall–Kier alpha value is -0.630. The van der Waals surface area contributed by atoms with Crippen LogP contribution in [0.15, 0.2) is 11.6 Å². The number of rotatable bonds is 3. The average Bonchev–Trinajstić information content (AvgIpc) is 2.64. The fourth-order valence-corrected chi connectivity index (χ4v) is 3.51. The highest BCUT2D eigenvalue weighted by Gasteiger charge is 2.39. The number of allylic oxidation sites excluding steroid dienone is 1. The summed E-state index contributed by atoms with van der Waals surface area (Å²) in [6, 6.07) is 0. The first-order chi connectivity index (χ1) is 9.28. The van der Waals surface area contributed by atoms with Gasteiger partial charge >= 0.3 is 0 Å². The minimum absolute atomic E-state index is 0.304. The van der Waals surface area contributed by atoms with Gasteiger partial charge in [0.15, 0.2) is 5.78 Å². The smallest absolute Gasteiger partial charge is 0.190 e. The molecule has 0 atom stereocenters. The average molecular weight is 264 g/mol. The lowest BCUT2D eigenvalue weighted by molar-refractivity contribution is -0.138. The summed E-state index contributed by atoms with van der Waals surface area (Å²) in [4.78, 5) is 12.9. The van der Waals surface area contributed by atoms with Gasteiger partial charge in [0.2, 0.25) is 0 Å². The van der Waals surface area contributed by atoms with Crippen molar-refractivity contribution in [3.63, 3.8) is 0 Å². The maximum absolute atomic E-state index is 12.9. The van der Waals surface area contributed by atoms with Crippen molar-refractivity contribution in [1.82, 2.24) is 0 Å². The zero-order valence-electron chi connectivity index (χ0n) is 12.4. The number of methoxy groups -OCH3 is 1. The molecule has 0 aromatic rings. The monoisotopic (exact) mass is 264 g/mol. The van der Waals surface area contributed by atoms with E-state index in [1.165, 1.54) is 32.1 Å². The summed E-state index contributed by atoms with van der Waals surface area (Å²) >= 11 is 0. The quantitative estimate of drug-likeness (QED) is 0.698. The van der Waals surface area contributed by atoms with Crippen molar-refractivity contribution in [2.75, 3.05) is 7.11 Å². The van der Waals surface area contributed by atoms with E-state index in [-0.39, 0.29) is 0 Å². The van der Waals surface area contributed by atoms with Gasteiger partial charge in [-0.25, -0.2) is 0 Å². The highest BCUT2D eigenvalue weighted by Crippen LogP contribution is 2.34. The van der Waals surface area contributed by atoms with Gasteiger partial charge in [0.1, 0.15) is 5.60 Å². The first-order valence-electron chi connectivity index (χ1n) is 8.07. The second kappa shape index (κ2) is 7.23. The van der Waals surface area contributed by atoms with E-state index in [9.17, 15) is 4.79 Å². The Bertz CT molecular complexity index is 322. The van der Waals surface area contributed by atoms with E-state index in [2.05, 4.69) is 6.08 Å². The first kappa shape index (κ1) is 14.8. The van der Waals surface area contributed by atoms with Gasteiger partial charge in [0, 0.05) is 7.11 Å². The van der Waals surface area contributed by atoms with E-state index >= 15 is 0 Å². The van der Waals surface area contributed by atoms with E-state index in [0.29, 0.717) is 5.78 Å².